The molecule has 1 aromatic rings. The molecule has 0 radical (unpaired) electrons. The van der Waals surface area contributed by atoms with Crippen LogP contribution in [0, 0.1) is 0 Å². The van der Waals surface area contributed by atoms with Gasteiger partial charge in [0, 0.05) is 31.8 Å². The lowest BCUT2D eigenvalue weighted by molar-refractivity contribution is -0.118. The monoisotopic (exact) mass is 179 g/mol. The predicted molar refractivity (Wildman–Crippen MR) is 49.3 cm³/mol. The van der Waals surface area contributed by atoms with Crippen LogP contribution in [0.25, 0.3) is 0 Å². The summed E-state index contributed by atoms with van der Waals surface area (Å²) < 4.78 is 0. The molecule has 1 N–H and O–H groups in total. The van der Waals surface area contributed by atoms with E-state index in [-0.39, 0.29) is 12.4 Å². The molecule has 70 valence electrons. The zero-order valence-electron chi connectivity index (χ0n) is 7.44. The van der Waals surface area contributed by atoms with E-state index in [2.05, 4.69) is 4.98 Å². The van der Waals surface area contributed by atoms with Crippen molar-refractivity contribution in [3.63, 3.8) is 0 Å². The summed E-state index contributed by atoms with van der Waals surface area (Å²) in [7, 11) is 0. The van der Waals surface area contributed by atoms with E-state index < -0.39 is 0 Å². The van der Waals surface area contributed by atoms with E-state index in [0.717, 1.165) is 5.56 Å². The highest BCUT2D eigenvalue weighted by Crippen LogP contribution is 2.01. The lowest BCUT2D eigenvalue weighted by Crippen LogP contribution is -2.03. The van der Waals surface area contributed by atoms with E-state index in [1.54, 1.807) is 12.4 Å². The second-order valence-corrected chi connectivity index (χ2v) is 2.90. The van der Waals surface area contributed by atoms with Crippen molar-refractivity contribution in [3.8, 4) is 0 Å². The lowest BCUT2D eigenvalue weighted by atomic mass is 10.1. The third-order valence-electron chi connectivity index (χ3n) is 1.76. The maximum atomic E-state index is 11.2. The average molecular weight is 179 g/mol. The van der Waals surface area contributed by atoms with Gasteiger partial charge in [-0.15, -0.1) is 0 Å². The zero-order chi connectivity index (χ0) is 9.52. The van der Waals surface area contributed by atoms with E-state index in [9.17, 15) is 4.79 Å². The van der Waals surface area contributed by atoms with Crippen LogP contribution >= 0.6 is 0 Å². The maximum Gasteiger partial charge on any atom is 0.137 e. The number of Topliss-reactive ketones (excluding diaryl/α,β-unsaturated/α-hetero) is 1. The van der Waals surface area contributed by atoms with Crippen LogP contribution in [0.3, 0.4) is 0 Å². The molecule has 13 heavy (non-hydrogen) atoms. The minimum absolute atomic E-state index is 0.0854. The molecular formula is C10H13NO2. The van der Waals surface area contributed by atoms with Gasteiger partial charge in [-0.3, -0.25) is 9.78 Å². The van der Waals surface area contributed by atoms with Crippen molar-refractivity contribution in [1.29, 1.82) is 0 Å². The van der Waals surface area contributed by atoms with Crippen molar-refractivity contribution >= 4 is 5.78 Å². The van der Waals surface area contributed by atoms with Crippen LogP contribution < -0.4 is 0 Å². The first-order valence-corrected chi connectivity index (χ1v) is 4.34. The number of aliphatic hydroxyl groups excluding tert-OH is 1. The van der Waals surface area contributed by atoms with Crippen LogP contribution in [0.4, 0.5) is 0 Å². The highest BCUT2D eigenvalue weighted by atomic mass is 16.3. The van der Waals surface area contributed by atoms with Gasteiger partial charge >= 0.3 is 0 Å². The molecule has 0 saturated heterocycles. The Morgan fingerprint density at radius 1 is 1.38 bits per heavy atom. The molecule has 0 aliphatic heterocycles. The molecule has 1 heterocycles. The maximum absolute atomic E-state index is 11.2. The number of ketones is 1. The fourth-order valence-corrected chi connectivity index (χ4v) is 1.09. The first-order valence-electron chi connectivity index (χ1n) is 4.34. The van der Waals surface area contributed by atoms with Crippen molar-refractivity contribution in [2.24, 2.45) is 0 Å². The molecule has 0 spiro atoms. The molecule has 0 atom stereocenters. The van der Waals surface area contributed by atoms with Crippen LogP contribution in [0.15, 0.2) is 24.5 Å². The summed E-state index contributed by atoms with van der Waals surface area (Å²) >= 11 is 0. The summed E-state index contributed by atoms with van der Waals surface area (Å²) in [6, 6.07) is 3.66. The van der Waals surface area contributed by atoms with Gasteiger partial charge in [0.1, 0.15) is 5.78 Å². The number of pyridine rings is 1. The Kier molecular flexibility index (Phi) is 4.12. The fourth-order valence-electron chi connectivity index (χ4n) is 1.09. The molecule has 0 amide bonds. The SMILES string of the molecule is O=C(CCCO)Cc1ccncc1. The summed E-state index contributed by atoms with van der Waals surface area (Å²) in [4.78, 5) is 15.1. The van der Waals surface area contributed by atoms with Crippen molar-refractivity contribution in [2.45, 2.75) is 19.3 Å². The molecule has 0 saturated carbocycles. The number of carbonyl (C=O) groups is 1. The minimum atomic E-state index is 0.0854. The number of hydrogen-bond acceptors (Lipinski definition) is 3. The molecular weight excluding hydrogens is 166 g/mol. The molecule has 0 aromatic carbocycles. The van der Waals surface area contributed by atoms with Gasteiger partial charge in [-0.25, -0.2) is 0 Å². The van der Waals surface area contributed by atoms with Crippen molar-refractivity contribution in [1.82, 2.24) is 4.98 Å². The summed E-state index contributed by atoms with van der Waals surface area (Å²) in [6.45, 7) is 0.0854. The van der Waals surface area contributed by atoms with E-state index >= 15 is 0 Å². The predicted octanol–water partition coefficient (Wildman–Crippen LogP) is 0.966. The largest absolute Gasteiger partial charge is 0.396 e. The fraction of sp³-hybridized carbons (Fsp3) is 0.400. The summed E-state index contributed by atoms with van der Waals surface area (Å²) in [5.41, 5.74) is 0.984. The van der Waals surface area contributed by atoms with Crippen LogP contribution in [0.5, 0.6) is 0 Å². The molecule has 0 bridgehead atoms. The lowest BCUT2D eigenvalue weighted by Gasteiger charge is -1.98. The third-order valence-corrected chi connectivity index (χ3v) is 1.76. The van der Waals surface area contributed by atoms with Gasteiger partial charge in [-0.2, -0.15) is 0 Å². The van der Waals surface area contributed by atoms with E-state index in [4.69, 9.17) is 5.11 Å². The highest BCUT2D eigenvalue weighted by molar-refractivity contribution is 5.80. The molecule has 0 aliphatic carbocycles. The van der Waals surface area contributed by atoms with Gasteiger partial charge in [-0.1, -0.05) is 0 Å². The molecule has 3 heteroatoms. The average Bonchev–Trinajstić information content (AvgIpc) is 2.16. The van der Waals surface area contributed by atoms with Gasteiger partial charge in [0.05, 0.1) is 0 Å². The Hall–Kier alpha value is -1.22. The molecule has 1 rings (SSSR count). The smallest absolute Gasteiger partial charge is 0.137 e. The van der Waals surface area contributed by atoms with Crippen LogP contribution in [0.2, 0.25) is 0 Å². The van der Waals surface area contributed by atoms with Gasteiger partial charge in [0.25, 0.3) is 0 Å². The van der Waals surface area contributed by atoms with Crippen molar-refractivity contribution in [2.75, 3.05) is 6.61 Å². The standard InChI is InChI=1S/C10H13NO2/c12-7-1-2-10(13)8-9-3-5-11-6-4-9/h3-6,12H,1-2,7-8H2. The molecule has 3 nitrogen and oxygen atoms in total. The second kappa shape index (κ2) is 5.43. The number of rotatable bonds is 5. The number of carbonyl (C=O) groups excluding carboxylic acids is 1. The van der Waals surface area contributed by atoms with Gasteiger partial charge in [0.15, 0.2) is 0 Å². The van der Waals surface area contributed by atoms with Gasteiger partial charge < -0.3 is 5.11 Å². The first-order chi connectivity index (χ1) is 6.33. The van der Waals surface area contributed by atoms with E-state index in [1.807, 2.05) is 12.1 Å². The second-order valence-electron chi connectivity index (χ2n) is 2.90. The topological polar surface area (TPSA) is 50.2 Å². The van der Waals surface area contributed by atoms with Gasteiger partial charge in [0.2, 0.25) is 0 Å². The quantitative estimate of drug-likeness (QED) is 0.732. The number of aliphatic hydroxyl groups is 1. The van der Waals surface area contributed by atoms with E-state index in [0.29, 0.717) is 19.3 Å². The van der Waals surface area contributed by atoms with Crippen LogP contribution in [0.1, 0.15) is 18.4 Å². The molecule has 1 aromatic heterocycles. The Morgan fingerprint density at radius 2 is 2.08 bits per heavy atom. The zero-order valence-corrected chi connectivity index (χ0v) is 7.44. The number of hydrogen-bond donors (Lipinski definition) is 1. The Labute approximate surface area is 77.4 Å². The van der Waals surface area contributed by atoms with Crippen LogP contribution in [-0.2, 0) is 11.2 Å². The Morgan fingerprint density at radius 3 is 2.69 bits per heavy atom. The minimum Gasteiger partial charge on any atom is -0.396 e. The molecule has 0 fully saturated rings. The van der Waals surface area contributed by atoms with Gasteiger partial charge in [-0.05, 0) is 24.1 Å². The Bertz CT molecular complexity index is 259. The molecule has 0 aliphatic rings. The van der Waals surface area contributed by atoms with Crippen LogP contribution in [-0.4, -0.2) is 22.5 Å². The summed E-state index contributed by atoms with van der Waals surface area (Å²) in [6.07, 6.45) is 4.81. The normalized spacial score (nSPS) is 9.92. The van der Waals surface area contributed by atoms with E-state index in [1.165, 1.54) is 0 Å². The van der Waals surface area contributed by atoms with Crippen molar-refractivity contribution < 1.29 is 9.90 Å². The number of aromatic nitrogens is 1. The third kappa shape index (κ3) is 3.80. The highest BCUT2D eigenvalue weighted by Gasteiger charge is 2.02. The summed E-state index contributed by atoms with van der Waals surface area (Å²) in [5.74, 6) is 0.167. The first kappa shape index (κ1) is 9.86. The number of nitrogens with zero attached hydrogens (tertiary/aromatic N) is 1. The Balaban J connectivity index is 2.37. The molecule has 0 unspecified atom stereocenters. The summed E-state index contributed by atoms with van der Waals surface area (Å²) in [5, 5.41) is 8.52. The van der Waals surface area contributed by atoms with Crippen molar-refractivity contribution in [3.05, 3.63) is 30.1 Å².